The topological polar surface area (TPSA) is 59.6 Å². The maximum Gasteiger partial charge on any atom is 0.238 e. The number of carbonyl (C=O) groups excluding carboxylic acids is 1. The maximum atomic E-state index is 12.0. The zero-order chi connectivity index (χ0) is 18.2. The van der Waals surface area contributed by atoms with Crippen molar-refractivity contribution in [1.29, 1.82) is 0 Å². The Bertz CT molecular complexity index is 729. The average Bonchev–Trinajstić information content (AvgIpc) is 2.61. The maximum absolute atomic E-state index is 12.0. The number of carbonyl (C=O) groups is 1. The van der Waals surface area contributed by atoms with Crippen molar-refractivity contribution in [2.75, 3.05) is 32.6 Å². The van der Waals surface area contributed by atoms with Crippen molar-refractivity contribution in [3.63, 3.8) is 0 Å². The molecule has 0 unspecified atom stereocenters. The van der Waals surface area contributed by atoms with Gasteiger partial charge in [0.1, 0.15) is 0 Å². The van der Waals surface area contributed by atoms with Gasteiger partial charge in [-0.05, 0) is 56.1 Å². The highest BCUT2D eigenvalue weighted by molar-refractivity contribution is 5.92. The van der Waals surface area contributed by atoms with Gasteiger partial charge in [-0.2, -0.15) is 0 Å². The highest BCUT2D eigenvalue weighted by Gasteiger charge is 2.06. The summed E-state index contributed by atoms with van der Waals surface area (Å²) in [5, 5.41) is 6.10. The molecule has 0 saturated carbocycles. The number of rotatable bonds is 8. The van der Waals surface area contributed by atoms with Crippen LogP contribution in [0.4, 0.5) is 5.69 Å². The Labute approximate surface area is 149 Å². The molecular weight excluding hydrogens is 316 g/mol. The smallest absolute Gasteiger partial charge is 0.238 e. The third kappa shape index (κ3) is 5.50. The van der Waals surface area contributed by atoms with Crippen molar-refractivity contribution in [3.8, 4) is 11.5 Å². The summed E-state index contributed by atoms with van der Waals surface area (Å²) in [4.78, 5) is 12.0. The Morgan fingerprint density at radius 1 is 1.00 bits per heavy atom. The molecule has 0 aromatic heterocycles. The molecule has 2 aromatic carbocycles. The number of ether oxygens (including phenoxy) is 2. The molecule has 0 atom stereocenters. The molecule has 5 heteroatoms. The Morgan fingerprint density at radius 3 is 2.44 bits per heavy atom. The largest absolute Gasteiger partial charge is 0.493 e. The number of aryl methyl sites for hydroxylation is 2. The van der Waals surface area contributed by atoms with E-state index in [0.717, 1.165) is 23.2 Å². The van der Waals surface area contributed by atoms with Crippen LogP contribution in [0.5, 0.6) is 11.5 Å². The van der Waals surface area contributed by atoms with Crippen LogP contribution in [0.25, 0.3) is 0 Å². The zero-order valence-electron chi connectivity index (χ0n) is 15.3. The van der Waals surface area contributed by atoms with Crippen molar-refractivity contribution < 1.29 is 14.3 Å². The minimum atomic E-state index is -0.0423. The molecule has 0 spiro atoms. The van der Waals surface area contributed by atoms with Gasteiger partial charge in [-0.25, -0.2) is 0 Å². The summed E-state index contributed by atoms with van der Waals surface area (Å²) in [5.41, 5.74) is 4.24. The van der Waals surface area contributed by atoms with Gasteiger partial charge < -0.3 is 20.1 Å². The lowest BCUT2D eigenvalue weighted by Crippen LogP contribution is -2.29. The van der Waals surface area contributed by atoms with E-state index >= 15 is 0 Å². The monoisotopic (exact) mass is 342 g/mol. The van der Waals surface area contributed by atoms with Crippen molar-refractivity contribution >= 4 is 11.6 Å². The first kappa shape index (κ1) is 18.8. The molecule has 2 N–H and O–H groups in total. The van der Waals surface area contributed by atoms with E-state index in [1.807, 2.05) is 44.2 Å². The van der Waals surface area contributed by atoms with Crippen molar-refractivity contribution in [2.24, 2.45) is 0 Å². The molecule has 0 fully saturated rings. The molecule has 0 aliphatic rings. The van der Waals surface area contributed by atoms with Gasteiger partial charge in [0.05, 0.1) is 20.8 Å². The van der Waals surface area contributed by atoms with Crippen LogP contribution < -0.4 is 20.1 Å². The number of amides is 1. The van der Waals surface area contributed by atoms with Crippen LogP contribution >= 0.6 is 0 Å². The predicted octanol–water partition coefficient (Wildman–Crippen LogP) is 3.09. The molecule has 0 aliphatic carbocycles. The summed E-state index contributed by atoms with van der Waals surface area (Å²) in [6.45, 7) is 5.01. The zero-order valence-corrected chi connectivity index (χ0v) is 15.3. The summed E-state index contributed by atoms with van der Waals surface area (Å²) < 4.78 is 10.5. The lowest BCUT2D eigenvalue weighted by atomic mass is 10.1. The van der Waals surface area contributed by atoms with E-state index < -0.39 is 0 Å². The fourth-order valence-corrected chi connectivity index (χ4v) is 2.62. The predicted molar refractivity (Wildman–Crippen MR) is 101 cm³/mol. The minimum Gasteiger partial charge on any atom is -0.493 e. The molecule has 1 amide bonds. The van der Waals surface area contributed by atoms with Crippen LogP contribution in [-0.4, -0.2) is 33.2 Å². The summed E-state index contributed by atoms with van der Waals surface area (Å²) in [5.74, 6) is 1.39. The second-order valence-electron chi connectivity index (χ2n) is 5.98. The molecule has 0 aliphatic heterocycles. The molecule has 0 heterocycles. The van der Waals surface area contributed by atoms with Crippen LogP contribution in [0.1, 0.15) is 16.7 Å². The second kappa shape index (κ2) is 9.08. The quantitative estimate of drug-likeness (QED) is 0.724. The Kier molecular flexibility index (Phi) is 6.83. The number of benzene rings is 2. The standard InChI is InChI=1S/C20H26N2O3/c1-14-5-7-17(15(2)11-14)22-20(23)13-21-10-9-16-6-8-18(24-3)19(12-16)25-4/h5-8,11-12,21H,9-10,13H2,1-4H3,(H,22,23). The van der Waals surface area contributed by atoms with Gasteiger partial charge in [0, 0.05) is 5.69 Å². The van der Waals surface area contributed by atoms with E-state index in [1.54, 1.807) is 14.2 Å². The third-order valence-electron chi connectivity index (χ3n) is 3.98. The van der Waals surface area contributed by atoms with E-state index in [4.69, 9.17) is 9.47 Å². The van der Waals surface area contributed by atoms with Crippen molar-refractivity contribution in [2.45, 2.75) is 20.3 Å². The number of nitrogens with one attached hydrogen (secondary N) is 2. The lowest BCUT2D eigenvalue weighted by molar-refractivity contribution is -0.115. The third-order valence-corrected chi connectivity index (χ3v) is 3.98. The summed E-state index contributed by atoms with van der Waals surface area (Å²) in [7, 11) is 3.24. The molecular formula is C20H26N2O3. The van der Waals surface area contributed by atoms with Crippen LogP contribution in [0, 0.1) is 13.8 Å². The van der Waals surface area contributed by atoms with E-state index in [9.17, 15) is 4.79 Å². The second-order valence-corrected chi connectivity index (χ2v) is 5.98. The minimum absolute atomic E-state index is 0.0423. The highest BCUT2D eigenvalue weighted by atomic mass is 16.5. The molecule has 0 saturated heterocycles. The van der Waals surface area contributed by atoms with E-state index in [1.165, 1.54) is 5.56 Å². The molecule has 2 rings (SSSR count). The van der Waals surface area contributed by atoms with Crippen molar-refractivity contribution in [1.82, 2.24) is 5.32 Å². The van der Waals surface area contributed by atoms with Gasteiger partial charge in [-0.1, -0.05) is 23.8 Å². The van der Waals surface area contributed by atoms with E-state index in [-0.39, 0.29) is 12.5 Å². The normalized spacial score (nSPS) is 10.4. The molecule has 25 heavy (non-hydrogen) atoms. The van der Waals surface area contributed by atoms with Gasteiger partial charge in [0.25, 0.3) is 0 Å². The fraction of sp³-hybridized carbons (Fsp3) is 0.350. The lowest BCUT2D eigenvalue weighted by Gasteiger charge is -2.11. The van der Waals surface area contributed by atoms with Gasteiger partial charge in [-0.15, -0.1) is 0 Å². The van der Waals surface area contributed by atoms with Gasteiger partial charge in [0.15, 0.2) is 11.5 Å². The Balaban J connectivity index is 1.78. The van der Waals surface area contributed by atoms with Gasteiger partial charge >= 0.3 is 0 Å². The van der Waals surface area contributed by atoms with Crippen molar-refractivity contribution in [3.05, 3.63) is 53.1 Å². The fourth-order valence-electron chi connectivity index (χ4n) is 2.62. The molecule has 134 valence electrons. The average molecular weight is 342 g/mol. The van der Waals surface area contributed by atoms with E-state index in [2.05, 4.69) is 16.7 Å². The van der Waals surface area contributed by atoms with Crippen LogP contribution in [0.15, 0.2) is 36.4 Å². The Morgan fingerprint density at radius 2 is 1.76 bits per heavy atom. The number of methoxy groups -OCH3 is 2. The molecule has 0 radical (unpaired) electrons. The van der Waals surface area contributed by atoms with Gasteiger partial charge in [-0.3, -0.25) is 4.79 Å². The number of hydrogen-bond acceptors (Lipinski definition) is 4. The molecule has 5 nitrogen and oxygen atoms in total. The SMILES string of the molecule is COc1ccc(CCNCC(=O)Nc2ccc(C)cc2C)cc1OC. The first-order chi connectivity index (χ1) is 12.0. The van der Waals surface area contributed by atoms with E-state index in [0.29, 0.717) is 18.0 Å². The summed E-state index contributed by atoms with van der Waals surface area (Å²) in [6.07, 6.45) is 0.803. The van der Waals surface area contributed by atoms with Crippen LogP contribution in [0.2, 0.25) is 0 Å². The number of hydrogen-bond donors (Lipinski definition) is 2. The first-order valence-corrected chi connectivity index (χ1v) is 8.32. The Hall–Kier alpha value is -2.53. The summed E-state index contributed by atoms with van der Waals surface area (Å²) >= 11 is 0. The summed E-state index contributed by atoms with van der Waals surface area (Å²) in [6, 6.07) is 11.8. The molecule has 0 bridgehead atoms. The van der Waals surface area contributed by atoms with Crippen LogP contribution in [-0.2, 0) is 11.2 Å². The highest BCUT2D eigenvalue weighted by Crippen LogP contribution is 2.27. The van der Waals surface area contributed by atoms with Gasteiger partial charge in [0.2, 0.25) is 5.91 Å². The number of anilines is 1. The molecule has 2 aromatic rings. The first-order valence-electron chi connectivity index (χ1n) is 8.32. The van der Waals surface area contributed by atoms with Crippen LogP contribution in [0.3, 0.4) is 0 Å².